The maximum atomic E-state index is 12.2. The predicted molar refractivity (Wildman–Crippen MR) is 100 cm³/mol. The van der Waals surface area contributed by atoms with Crippen LogP contribution in [-0.4, -0.2) is 35.1 Å². The first-order valence-corrected chi connectivity index (χ1v) is 8.68. The van der Waals surface area contributed by atoms with Gasteiger partial charge in [0, 0.05) is 36.2 Å². The predicted octanol–water partition coefficient (Wildman–Crippen LogP) is 2.76. The molecule has 1 aliphatic heterocycles. The minimum Gasteiger partial charge on any atom is -0.341 e. The summed E-state index contributed by atoms with van der Waals surface area (Å²) in [6.45, 7) is 5.56. The third kappa shape index (κ3) is 4.48. The van der Waals surface area contributed by atoms with Gasteiger partial charge in [0.15, 0.2) is 0 Å². The molecule has 0 radical (unpaired) electrons. The van der Waals surface area contributed by atoms with Crippen LogP contribution in [0.1, 0.15) is 29.8 Å². The zero-order chi connectivity index (χ0) is 18.5. The zero-order valence-corrected chi connectivity index (χ0v) is 15.0. The first kappa shape index (κ1) is 17.7. The molecule has 134 valence electrons. The average molecular weight is 350 g/mol. The third-order valence-corrected chi connectivity index (χ3v) is 4.36. The van der Waals surface area contributed by atoms with Crippen molar-refractivity contribution in [1.82, 2.24) is 15.3 Å². The van der Waals surface area contributed by atoms with E-state index in [0.717, 1.165) is 43.3 Å². The Hall–Kier alpha value is -3.14. The number of nitrogens with one attached hydrogen (secondary N) is 2. The van der Waals surface area contributed by atoms with Crippen molar-refractivity contribution in [3.8, 4) is 6.07 Å². The molecule has 1 aliphatic rings. The van der Waals surface area contributed by atoms with E-state index in [1.165, 1.54) is 0 Å². The highest BCUT2D eigenvalue weighted by molar-refractivity contribution is 5.89. The topological polar surface area (TPSA) is 93.9 Å². The number of carbonyl (C=O) groups is 1. The monoisotopic (exact) mass is 350 g/mol. The lowest BCUT2D eigenvalue weighted by atomic mass is 10.1. The van der Waals surface area contributed by atoms with Gasteiger partial charge in [0.05, 0.1) is 11.6 Å². The zero-order valence-electron chi connectivity index (χ0n) is 15.0. The number of hydrogen-bond acceptors (Lipinski definition) is 5. The first-order chi connectivity index (χ1) is 12.5. The summed E-state index contributed by atoms with van der Waals surface area (Å²) in [7, 11) is 0. The van der Waals surface area contributed by atoms with Gasteiger partial charge in [0.25, 0.3) is 0 Å². The summed E-state index contributed by atoms with van der Waals surface area (Å²) in [5.74, 6) is 0.767. The number of hydrogen-bond donors (Lipinski definition) is 2. The van der Waals surface area contributed by atoms with Crippen LogP contribution in [0.5, 0.6) is 0 Å². The molecular weight excluding hydrogens is 328 g/mol. The second-order valence-corrected chi connectivity index (χ2v) is 6.50. The fraction of sp³-hybridized carbons (Fsp3) is 0.368. The Labute approximate surface area is 153 Å². The summed E-state index contributed by atoms with van der Waals surface area (Å²) in [4.78, 5) is 23.3. The summed E-state index contributed by atoms with van der Waals surface area (Å²) in [6, 6.07) is 10.7. The highest BCUT2D eigenvalue weighted by Crippen LogP contribution is 2.17. The molecule has 26 heavy (non-hydrogen) atoms. The quantitative estimate of drug-likeness (QED) is 0.888. The number of anilines is 2. The molecule has 1 aromatic carbocycles. The molecule has 1 fully saturated rings. The lowest BCUT2D eigenvalue weighted by Gasteiger charge is -2.32. The molecule has 2 aromatic rings. The van der Waals surface area contributed by atoms with E-state index < -0.39 is 0 Å². The number of aryl methyl sites for hydroxylation is 2. The Bertz CT molecular complexity index is 799. The second kappa shape index (κ2) is 7.83. The van der Waals surface area contributed by atoms with Crippen LogP contribution in [0.25, 0.3) is 0 Å². The minimum absolute atomic E-state index is 0.121. The normalized spacial score (nSPS) is 14.6. The van der Waals surface area contributed by atoms with Crippen molar-refractivity contribution < 1.29 is 4.79 Å². The number of benzene rings is 1. The van der Waals surface area contributed by atoms with Gasteiger partial charge in [-0.3, -0.25) is 0 Å². The Morgan fingerprint density at radius 3 is 2.35 bits per heavy atom. The molecule has 1 aromatic heterocycles. The molecule has 2 amide bonds. The van der Waals surface area contributed by atoms with Crippen LogP contribution in [0.3, 0.4) is 0 Å². The van der Waals surface area contributed by atoms with Crippen LogP contribution < -0.4 is 15.5 Å². The van der Waals surface area contributed by atoms with Gasteiger partial charge >= 0.3 is 6.03 Å². The van der Waals surface area contributed by atoms with Gasteiger partial charge in [0.2, 0.25) is 5.95 Å². The van der Waals surface area contributed by atoms with Crippen LogP contribution >= 0.6 is 0 Å². The van der Waals surface area contributed by atoms with E-state index in [-0.39, 0.29) is 12.1 Å². The first-order valence-electron chi connectivity index (χ1n) is 8.68. The SMILES string of the molecule is Cc1cc(C)nc(N2CCC(NC(=O)Nc3ccc(C#N)cc3)CC2)n1. The molecule has 2 N–H and O–H groups in total. The molecular formula is C19H22N6O. The van der Waals surface area contributed by atoms with Crippen LogP contribution in [0.15, 0.2) is 30.3 Å². The fourth-order valence-corrected chi connectivity index (χ4v) is 3.05. The van der Waals surface area contributed by atoms with Crippen molar-refractivity contribution in [2.24, 2.45) is 0 Å². The van der Waals surface area contributed by atoms with E-state index in [0.29, 0.717) is 11.3 Å². The number of piperidine rings is 1. The van der Waals surface area contributed by atoms with Crippen LogP contribution in [0, 0.1) is 25.2 Å². The second-order valence-electron chi connectivity index (χ2n) is 6.50. The molecule has 0 unspecified atom stereocenters. The van der Waals surface area contributed by atoms with Crippen molar-refractivity contribution in [3.63, 3.8) is 0 Å². The number of rotatable bonds is 3. The molecule has 1 saturated heterocycles. The number of carbonyl (C=O) groups excluding carboxylic acids is 1. The lowest BCUT2D eigenvalue weighted by Crippen LogP contribution is -2.46. The summed E-state index contributed by atoms with van der Waals surface area (Å²) in [5.41, 5.74) is 3.17. The number of nitrogens with zero attached hydrogens (tertiary/aromatic N) is 4. The lowest BCUT2D eigenvalue weighted by molar-refractivity contribution is 0.246. The largest absolute Gasteiger partial charge is 0.341 e. The molecule has 0 saturated carbocycles. The highest BCUT2D eigenvalue weighted by Gasteiger charge is 2.22. The molecule has 3 rings (SSSR count). The average Bonchev–Trinajstić information content (AvgIpc) is 2.62. The number of urea groups is 1. The van der Waals surface area contributed by atoms with Gasteiger partial charge in [-0.2, -0.15) is 5.26 Å². The van der Waals surface area contributed by atoms with E-state index in [4.69, 9.17) is 5.26 Å². The molecule has 2 heterocycles. The maximum Gasteiger partial charge on any atom is 0.319 e. The van der Waals surface area contributed by atoms with E-state index in [9.17, 15) is 4.79 Å². The molecule has 0 spiro atoms. The van der Waals surface area contributed by atoms with Gasteiger partial charge in [-0.05, 0) is 57.0 Å². The van der Waals surface area contributed by atoms with E-state index in [1.54, 1.807) is 24.3 Å². The van der Waals surface area contributed by atoms with Crippen LogP contribution in [-0.2, 0) is 0 Å². The summed E-state index contributed by atoms with van der Waals surface area (Å²) < 4.78 is 0. The number of amides is 2. The van der Waals surface area contributed by atoms with E-state index in [1.807, 2.05) is 19.9 Å². The van der Waals surface area contributed by atoms with Gasteiger partial charge in [-0.15, -0.1) is 0 Å². The molecule has 7 heteroatoms. The van der Waals surface area contributed by atoms with E-state index in [2.05, 4.69) is 31.6 Å². The van der Waals surface area contributed by atoms with Gasteiger partial charge < -0.3 is 15.5 Å². The molecule has 0 aliphatic carbocycles. The maximum absolute atomic E-state index is 12.2. The number of aromatic nitrogens is 2. The van der Waals surface area contributed by atoms with Crippen molar-refractivity contribution >= 4 is 17.7 Å². The highest BCUT2D eigenvalue weighted by atomic mass is 16.2. The molecule has 0 atom stereocenters. The Kier molecular flexibility index (Phi) is 5.32. The summed E-state index contributed by atoms with van der Waals surface area (Å²) in [5, 5.41) is 14.6. The Balaban J connectivity index is 1.50. The van der Waals surface area contributed by atoms with Gasteiger partial charge in [-0.25, -0.2) is 14.8 Å². The smallest absolute Gasteiger partial charge is 0.319 e. The molecule has 0 bridgehead atoms. The molecule has 7 nitrogen and oxygen atoms in total. The Morgan fingerprint density at radius 1 is 1.15 bits per heavy atom. The van der Waals surface area contributed by atoms with Crippen LogP contribution in [0.2, 0.25) is 0 Å². The summed E-state index contributed by atoms with van der Waals surface area (Å²) in [6.07, 6.45) is 1.69. The fourth-order valence-electron chi connectivity index (χ4n) is 3.05. The number of nitriles is 1. The van der Waals surface area contributed by atoms with Crippen molar-refractivity contribution in [1.29, 1.82) is 5.26 Å². The van der Waals surface area contributed by atoms with Crippen LogP contribution in [0.4, 0.5) is 16.4 Å². The summed E-state index contributed by atoms with van der Waals surface area (Å²) >= 11 is 0. The van der Waals surface area contributed by atoms with Gasteiger partial charge in [0.1, 0.15) is 0 Å². The minimum atomic E-state index is -0.226. The van der Waals surface area contributed by atoms with Crippen molar-refractivity contribution in [2.45, 2.75) is 32.7 Å². The standard InChI is InChI=1S/C19H22N6O/c1-13-11-14(2)22-18(21-13)25-9-7-17(8-10-25)24-19(26)23-16-5-3-15(12-20)4-6-16/h3-6,11,17H,7-10H2,1-2H3,(H2,23,24,26). The van der Waals surface area contributed by atoms with E-state index >= 15 is 0 Å². The van der Waals surface area contributed by atoms with Gasteiger partial charge in [-0.1, -0.05) is 0 Å². The third-order valence-electron chi connectivity index (χ3n) is 4.36. The Morgan fingerprint density at radius 2 is 1.77 bits per heavy atom. The van der Waals surface area contributed by atoms with Crippen molar-refractivity contribution in [2.75, 3.05) is 23.3 Å². The van der Waals surface area contributed by atoms with Crippen molar-refractivity contribution in [3.05, 3.63) is 47.3 Å².